The highest BCUT2D eigenvalue weighted by molar-refractivity contribution is 5.79. The number of nitrogens with one attached hydrogen (secondary N) is 2. The predicted molar refractivity (Wildman–Crippen MR) is 103 cm³/mol. The van der Waals surface area contributed by atoms with Crippen LogP contribution in [0, 0.1) is 5.92 Å². The number of likely N-dealkylation sites (tertiary alicyclic amines) is 1. The third-order valence-electron chi connectivity index (χ3n) is 4.73. The Kier molecular flexibility index (Phi) is 7.75. The van der Waals surface area contributed by atoms with Crippen LogP contribution in [0.2, 0.25) is 0 Å². The molecule has 142 valence electrons. The summed E-state index contributed by atoms with van der Waals surface area (Å²) in [6, 6.07) is 2.58. The molecule has 1 aliphatic heterocycles. The van der Waals surface area contributed by atoms with Crippen molar-refractivity contribution in [1.29, 1.82) is 0 Å². The Balaban J connectivity index is 1.82. The molecule has 0 aliphatic carbocycles. The standard InChI is InChI=1S/C19H35N5O/c1-14(2)10-16(24-8-6-7-9-24)12-21-19(20-5)22-13-17-11-18(15(3)4)23-25-17/h11,14-16H,6-10,12-13H2,1-5H3,(H2,20,21,22). The van der Waals surface area contributed by atoms with E-state index < -0.39 is 0 Å². The molecule has 1 aromatic heterocycles. The van der Waals surface area contributed by atoms with Crippen molar-refractivity contribution in [2.24, 2.45) is 10.9 Å². The highest BCUT2D eigenvalue weighted by Crippen LogP contribution is 2.17. The molecule has 6 heteroatoms. The zero-order valence-corrected chi connectivity index (χ0v) is 16.5. The van der Waals surface area contributed by atoms with Gasteiger partial charge in [-0.05, 0) is 44.2 Å². The molecule has 0 amide bonds. The first-order valence-corrected chi connectivity index (χ1v) is 9.63. The molecule has 2 heterocycles. The summed E-state index contributed by atoms with van der Waals surface area (Å²) in [4.78, 5) is 6.95. The van der Waals surface area contributed by atoms with Crippen LogP contribution in [0.3, 0.4) is 0 Å². The second-order valence-corrected chi connectivity index (χ2v) is 7.71. The molecular weight excluding hydrogens is 314 g/mol. The molecule has 0 spiro atoms. The molecule has 1 saturated heterocycles. The first-order valence-electron chi connectivity index (χ1n) is 9.63. The smallest absolute Gasteiger partial charge is 0.191 e. The first-order chi connectivity index (χ1) is 12.0. The molecule has 2 N–H and O–H groups in total. The summed E-state index contributed by atoms with van der Waals surface area (Å²) in [5.74, 6) is 2.73. The zero-order chi connectivity index (χ0) is 18.2. The van der Waals surface area contributed by atoms with E-state index in [4.69, 9.17) is 4.52 Å². The number of rotatable bonds is 8. The molecule has 0 aromatic carbocycles. The van der Waals surface area contributed by atoms with Crippen molar-refractivity contribution in [3.05, 3.63) is 17.5 Å². The Morgan fingerprint density at radius 2 is 1.96 bits per heavy atom. The predicted octanol–water partition coefficient (Wildman–Crippen LogP) is 2.97. The van der Waals surface area contributed by atoms with E-state index in [2.05, 4.69) is 53.4 Å². The summed E-state index contributed by atoms with van der Waals surface area (Å²) in [5.41, 5.74) is 0.991. The molecular formula is C19H35N5O. The SMILES string of the molecule is CN=C(NCc1cc(C(C)C)no1)NCC(CC(C)C)N1CCCC1. The minimum atomic E-state index is 0.382. The number of hydrogen-bond donors (Lipinski definition) is 2. The van der Waals surface area contributed by atoms with Crippen LogP contribution in [-0.2, 0) is 6.54 Å². The fourth-order valence-electron chi connectivity index (χ4n) is 3.30. The third-order valence-corrected chi connectivity index (χ3v) is 4.73. The number of hydrogen-bond acceptors (Lipinski definition) is 4. The number of aliphatic imine (C=N–C) groups is 1. The molecule has 25 heavy (non-hydrogen) atoms. The number of guanidine groups is 1. The Bertz CT molecular complexity index is 532. The molecule has 0 saturated carbocycles. The Morgan fingerprint density at radius 1 is 1.24 bits per heavy atom. The van der Waals surface area contributed by atoms with E-state index in [-0.39, 0.29) is 0 Å². The van der Waals surface area contributed by atoms with E-state index in [1.807, 2.05) is 13.1 Å². The molecule has 2 rings (SSSR count). The minimum Gasteiger partial charge on any atom is -0.359 e. The lowest BCUT2D eigenvalue weighted by Gasteiger charge is -2.29. The normalized spacial score (nSPS) is 17.5. The van der Waals surface area contributed by atoms with Gasteiger partial charge in [0.1, 0.15) is 0 Å². The van der Waals surface area contributed by atoms with Gasteiger partial charge in [0.25, 0.3) is 0 Å². The largest absolute Gasteiger partial charge is 0.359 e. The van der Waals surface area contributed by atoms with E-state index in [1.165, 1.54) is 32.4 Å². The van der Waals surface area contributed by atoms with Gasteiger partial charge in [-0.15, -0.1) is 0 Å². The van der Waals surface area contributed by atoms with Crippen molar-refractivity contribution in [3.8, 4) is 0 Å². The molecule has 1 aromatic rings. The topological polar surface area (TPSA) is 65.7 Å². The summed E-state index contributed by atoms with van der Waals surface area (Å²) < 4.78 is 5.38. The van der Waals surface area contributed by atoms with Gasteiger partial charge in [0, 0.05) is 25.7 Å². The van der Waals surface area contributed by atoms with Gasteiger partial charge >= 0.3 is 0 Å². The maximum atomic E-state index is 5.38. The van der Waals surface area contributed by atoms with Crippen LogP contribution in [0.1, 0.15) is 64.3 Å². The lowest BCUT2D eigenvalue weighted by atomic mass is 10.0. The maximum absolute atomic E-state index is 5.38. The monoisotopic (exact) mass is 349 g/mol. The van der Waals surface area contributed by atoms with Crippen molar-refractivity contribution in [2.45, 2.75) is 65.5 Å². The zero-order valence-electron chi connectivity index (χ0n) is 16.5. The molecule has 0 bridgehead atoms. The highest BCUT2D eigenvalue weighted by atomic mass is 16.5. The highest BCUT2D eigenvalue weighted by Gasteiger charge is 2.22. The van der Waals surface area contributed by atoms with E-state index >= 15 is 0 Å². The second kappa shape index (κ2) is 9.80. The quantitative estimate of drug-likeness (QED) is 0.558. The van der Waals surface area contributed by atoms with Gasteiger partial charge in [-0.3, -0.25) is 9.89 Å². The number of nitrogens with zero attached hydrogens (tertiary/aromatic N) is 3. The summed E-state index contributed by atoms with van der Waals surface area (Å²) in [5, 5.41) is 10.9. The van der Waals surface area contributed by atoms with Gasteiger partial charge in [0.05, 0.1) is 12.2 Å². The summed E-state index contributed by atoms with van der Waals surface area (Å²) in [6.45, 7) is 12.8. The van der Waals surface area contributed by atoms with Crippen LogP contribution < -0.4 is 10.6 Å². The lowest BCUT2D eigenvalue weighted by molar-refractivity contribution is 0.213. The van der Waals surface area contributed by atoms with E-state index in [0.717, 1.165) is 24.0 Å². The van der Waals surface area contributed by atoms with Crippen LogP contribution in [0.5, 0.6) is 0 Å². The Morgan fingerprint density at radius 3 is 2.52 bits per heavy atom. The van der Waals surface area contributed by atoms with Gasteiger partial charge in [0.2, 0.25) is 0 Å². The third kappa shape index (κ3) is 6.34. The Hall–Kier alpha value is -1.56. The average Bonchev–Trinajstić information content (AvgIpc) is 3.25. The van der Waals surface area contributed by atoms with Crippen molar-refractivity contribution in [3.63, 3.8) is 0 Å². The summed E-state index contributed by atoms with van der Waals surface area (Å²) in [7, 11) is 1.81. The van der Waals surface area contributed by atoms with Crippen LogP contribution in [0.25, 0.3) is 0 Å². The molecule has 1 fully saturated rings. The van der Waals surface area contributed by atoms with Crippen LogP contribution in [0.15, 0.2) is 15.6 Å². The van der Waals surface area contributed by atoms with Crippen molar-refractivity contribution >= 4 is 5.96 Å². The Labute approximate surface area is 152 Å². The van der Waals surface area contributed by atoms with Gasteiger partial charge in [-0.1, -0.05) is 32.9 Å². The van der Waals surface area contributed by atoms with Crippen molar-refractivity contribution < 1.29 is 4.52 Å². The molecule has 1 atom stereocenters. The molecule has 1 unspecified atom stereocenters. The molecule has 1 aliphatic rings. The minimum absolute atomic E-state index is 0.382. The second-order valence-electron chi connectivity index (χ2n) is 7.71. The van der Waals surface area contributed by atoms with Crippen molar-refractivity contribution in [1.82, 2.24) is 20.7 Å². The molecule has 6 nitrogen and oxygen atoms in total. The average molecular weight is 350 g/mol. The van der Waals surface area contributed by atoms with E-state index in [0.29, 0.717) is 24.4 Å². The van der Waals surface area contributed by atoms with Crippen LogP contribution >= 0.6 is 0 Å². The first kappa shape index (κ1) is 19.8. The van der Waals surface area contributed by atoms with Crippen LogP contribution in [0.4, 0.5) is 0 Å². The fourth-order valence-corrected chi connectivity index (χ4v) is 3.30. The van der Waals surface area contributed by atoms with Gasteiger partial charge in [0.15, 0.2) is 11.7 Å². The van der Waals surface area contributed by atoms with Crippen molar-refractivity contribution in [2.75, 3.05) is 26.7 Å². The summed E-state index contributed by atoms with van der Waals surface area (Å²) >= 11 is 0. The van der Waals surface area contributed by atoms with Gasteiger partial charge in [-0.25, -0.2) is 0 Å². The van der Waals surface area contributed by atoms with Gasteiger partial charge in [-0.2, -0.15) is 0 Å². The molecule has 0 radical (unpaired) electrons. The van der Waals surface area contributed by atoms with Crippen LogP contribution in [-0.4, -0.2) is 48.7 Å². The maximum Gasteiger partial charge on any atom is 0.191 e. The van der Waals surface area contributed by atoms with E-state index in [1.54, 1.807) is 0 Å². The lowest BCUT2D eigenvalue weighted by Crippen LogP contribution is -2.46. The number of aromatic nitrogens is 1. The van der Waals surface area contributed by atoms with Gasteiger partial charge < -0.3 is 15.2 Å². The summed E-state index contributed by atoms with van der Waals surface area (Å²) in [6.07, 6.45) is 3.86. The van der Waals surface area contributed by atoms with E-state index in [9.17, 15) is 0 Å². The fraction of sp³-hybridized carbons (Fsp3) is 0.789.